The summed E-state index contributed by atoms with van der Waals surface area (Å²) in [6, 6.07) is 6.90. The van der Waals surface area contributed by atoms with Crippen LogP contribution in [0.4, 0.5) is 13.2 Å². The molecule has 1 fully saturated rings. The second-order valence-electron chi connectivity index (χ2n) is 6.04. The van der Waals surface area contributed by atoms with E-state index in [1.807, 2.05) is 0 Å². The van der Waals surface area contributed by atoms with Gasteiger partial charge >= 0.3 is 12.1 Å². The summed E-state index contributed by atoms with van der Waals surface area (Å²) in [7, 11) is 0. The number of nitrogens with one attached hydrogen (secondary N) is 1. The predicted molar refractivity (Wildman–Crippen MR) is 84.2 cm³/mol. The lowest BCUT2D eigenvalue weighted by Gasteiger charge is -2.15. The van der Waals surface area contributed by atoms with Gasteiger partial charge in [0.15, 0.2) is 0 Å². The maximum Gasteiger partial charge on any atom is 0.490 e. The highest BCUT2D eigenvalue weighted by Crippen LogP contribution is 2.26. The summed E-state index contributed by atoms with van der Waals surface area (Å²) in [6.45, 7) is 1.77. The van der Waals surface area contributed by atoms with Gasteiger partial charge in [0, 0.05) is 13.1 Å². The number of carboxylic acid groups (broad SMARTS) is 1. The van der Waals surface area contributed by atoms with Crippen LogP contribution >= 0.6 is 0 Å². The molecule has 1 aromatic carbocycles. The van der Waals surface area contributed by atoms with Crippen LogP contribution in [0.2, 0.25) is 0 Å². The molecule has 3 aliphatic heterocycles. The minimum atomic E-state index is -5.08. The third-order valence-corrected chi connectivity index (χ3v) is 4.33. The highest BCUT2D eigenvalue weighted by Gasteiger charge is 2.42. The molecule has 0 radical (unpaired) electrons. The first-order chi connectivity index (χ1) is 12.7. The fourth-order valence-corrected chi connectivity index (χ4v) is 2.99. The van der Waals surface area contributed by atoms with Crippen molar-refractivity contribution in [1.82, 2.24) is 10.2 Å². The van der Waals surface area contributed by atoms with Crippen LogP contribution in [0.5, 0.6) is 0 Å². The molecule has 144 valence electrons. The fourth-order valence-electron chi connectivity index (χ4n) is 2.99. The van der Waals surface area contributed by atoms with Crippen molar-refractivity contribution in [3.8, 4) is 0 Å². The molecule has 0 aromatic heterocycles. The molecule has 0 bridgehead atoms. The number of carbonyl (C=O) groups excluding carboxylic acids is 2. The largest absolute Gasteiger partial charge is 0.490 e. The molecule has 2 atom stereocenters. The molecule has 0 unspecified atom stereocenters. The normalized spacial score (nSPS) is 23.2. The molecular formula is C16H14F3N3O5. The van der Waals surface area contributed by atoms with E-state index in [-0.39, 0.29) is 30.4 Å². The number of fused-ring (bicyclic) bond motifs is 2. The standard InChI is InChI=1S/C14H13N3O3.C2HF3O2/c18-13-8-3-1-2-4-9(8)14(19)17(13)7-11-10-5-15-6-12(10)20-16-11;3-2(4,5)1(6)7/h1-4,10,12,15H,5-7H2;(H,6,7)/t10-,12-;/m0./s1. The van der Waals surface area contributed by atoms with Gasteiger partial charge in [0.05, 0.1) is 29.3 Å². The van der Waals surface area contributed by atoms with Crippen LogP contribution in [0.25, 0.3) is 0 Å². The number of carboxylic acids is 1. The number of carbonyl (C=O) groups is 3. The van der Waals surface area contributed by atoms with E-state index in [2.05, 4.69) is 10.5 Å². The van der Waals surface area contributed by atoms with Crippen molar-refractivity contribution >= 4 is 23.5 Å². The molecule has 1 aromatic rings. The minimum Gasteiger partial charge on any atom is -0.475 e. The van der Waals surface area contributed by atoms with Gasteiger partial charge in [0.25, 0.3) is 11.8 Å². The molecule has 0 aliphatic carbocycles. The van der Waals surface area contributed by atoms with E-state index in [4.69, 9.17) is 14.7 Å². The summed E-state index contributed by atoms with van der Waals surface area (Å²) in [6.07, 6.45) is -5.04. The first-order valence-corrected chi connectivity index (χ1v) is 7.88. The molecule has 27 heavy (non-hydrogen) atoms. The molecule has 0 spiro atoms. The Balaban J connectivity index is 0.000000260. The molecule has 2 amide bonds. The Labute approximate surface area is 150 Å². The number of amides is 2. The van der Waals surface area contributed by atoms with Gasteiger partial charge in [-0.1, -0.05) is 17.3 Å². The molecule has 2 N–H and O–H groups in total. The number of nitrogens with zero attached hydrogens (tertiary/aromatic N) is 2. The molecule has 8 nitrogen and oxygen atoms in total. The zero-order valence-corrected chi connectivity index (χ0v) is 13.7. The Kier molecular flexibility index (Phi) is 4.87. The molecule has 0 saturated carbocycles. The molecule has 1 saturated heterocycles. The Morgan fingerprint density at radius 3 is 2.30 bits per heavy atom. The monoisotopic (exact) mass is 385 g/mol. The average Bonchev–Trinajstić information content (AvgIpc) is 3.27. The van der Waals surface area contributed by atoms with E-state index in [1.165, 1.54) is 4.90 Å². The summed E-state index contributed by atoms with van der Waals surface area (Å²) >= 11 is 0. The highest BCUT2D eigenvalue weighted by atomic mass is 19.4. The number of hydrogen-bond donors (Lipinski definition) is 2. The van der Waals surface area contributed by atoms with Gasteiger partial charge in [0.1, 0.15) is 6.10 Å². The van der Waals surface area contributed by atoms with Crippen LogP contribution in [0.3, 0.4) is 0 Å². The van der Waals surface area contributed by atoms with Gasteiger partial charge in [-0.25, -0.2) is 4.79 Å². The molecule has 4 rings (SSSR count). The second kappa shape index (κ2) is 6.99. The highest BCUT2D eigenvalue weighted by molar-refractivity contribution is 6.22. The number of imide groups is 1. The Bertz CT molecular complexity index is 789. The van der Waals surface area contributed by atoms with E-state index in [9.17, 15) is 22.8 Å². The smallest absolute Gasteiger partial charge is 0.475 e. The van der Waals surface area contributed by atoms with Crippen LogP contribution in [0, 0.1) is 5.92 Å². The molecule has 11 heteroatoms. The van der Waals surface area contributed by atoms with Crippen LogP contribution < -0.4 is 5.32 Å². The molecule has 3 heterocycles. The Morgan fingerprint density at radius 2 is 1.78 bits per heavy atom. The summed E-state index contributed by atoms with van der Waals surface area (Å²) in [5, 5.41) is 14.4. The van der Waals surface area contributed by atoms with Crippen LogP contribution in [-0.4, -0.2) is 65.4 Å². The van der Waals surface area contributed by atoms with Gasteiger partial charge < -0.3 is 15.3 Å². The van der Waals surface area contributed by atoms with Gasteiger partial charge in [0.2, 0.25) is 0 Å². The summed E-state index contributed by atoms with van der Waals surface area (Å²) in [5.74, 6) is -3.09. The van der Waals surface area contributed by atoms with Crippen molar-refractivity contribution in [2.24, 2.45) is 11.1 Å². The Hall–Kier alpha value is -2.95. The van der Waals surface area contributed by atoms with Crippen LogP contribution in [-0.2, 0) is 9.63 Å². The van der Waals surface area contributed by atoms with E-state index in [1.54, 1.807) is 24.3 Å². The van der Waals surface area contributed by atoms with Crippen molar-refractivity contribution < 1.29 is 37.5 Å². The van der Waals surface area contributed by atoms with E-state index in [0.717, 1.165) is 18.8 Å². The second-order valence-corrected chi connectivity index (χ2v) is 6.04. The van der Waals surface area contributed by atoms with Crippen molar-refractivity contribution in [2.45, 2.75) is 12.3 Å². The lowest BCUT2D eigenvalue weighted by atomic mass is 10.0. The lowest BCUT2D eigenvalue weighted by molar-refractivity contribution is -0.192. The molecule has 3 aliphatic rings. The van der Waals surface area contributed by atoms with Crippen LogP contribution in [0.15, 0.2) is 29.4 Å². The van der Waals surface area contributed by atoms with Crippen molar-refractivity contribution in [3.63, 3.8) is 0 Å². The average molecular weight is 385 g/mol. The van der Waals surface area contributed by atoms with E-state index < -0.39 is 12.1 Å². The summed E-state index contributed by atoms with van der Waals surface area (Å²) in [5.41, 5.74) is 1.71. The summed E-state index contributed by atoms with van der Waals surface area (Å²) in [4.78, 5) is 40.0. The first-order valence-electron chi connectivity index (χ1n) is 7.88. The van der Waals surface area contributed by atoms with Gasteiger partial charge in [-0.2, -0.15) is 13.2 Å². The number of rotatable bonds is 2. The van der Waals surface area contributed by atoms with Crippen molar-refractivity contribution in [3.05, 3.63) is 35.4 Å². The van der Waals surface area contributed by atoms with Crippen LogP contribution in [0.1, 0.15) is 20.7 Å². The molecular weight excluding hydrogens is 371 g/mol. The van der Waals surface area contributed by atoms with Gasteiger partial charge in [-0.05, 0) is 12.1 Å². The first kappa shape index (κ1) is 18.8. The number of oxime groups is 1. The maximum absolute atomic E-state index is 12.3. The zero-order chi connectivity index (χ0) is 19.8. The van der Waals surface area contributed by atoms with Gasteiger partial charge in [-0.3, -0.25) is 14.5 Å². The maximum atomic E-state index is 12.3. The quantitative estimate of drug-likeness (QED) is 0.732. The third-order valence-electron chi connectivity index (χ3n) is 4.33. The predicted octanol–water partition coefficient (Wildman–Crippen LogP) is 0.890. The number of benzene rings is 1. The van der Waals surface area contributed by atoms with Crippen molar-refractivity contribution in [2.75, 3.05) is 19.6 Å². The minimum absolute atomic E-state index is 0.0418. The lowest BCUT2D eigenvalue weighted by Crippen LogP contribution is -2.38. The summed E-state index contributed by atoms with van der Waals surface area (Å²) < 4.78 is 31.7. The topological polar surface area (TPSA) is 108 Å². The van der Waals surface area contributed by atoms with Gasteiger partial charge in [-0.15, -0.1) is 0 Å². The third kappa shape index (κ3) is 3.63. The number of hydrogen-bond acceptors (Lipinski definition) is 6. The SMILES string of the molecule is O=C(O)C(F)(F)F.O=C1c2ccccc2C(=O)N1CC1=NO[C@H]2CNC[C@@H]12. The number of aliphatic carboxylic acids is 1. The number of alkyl halides is 3. The van der Waals surface area contributed by atoms with Crippen molar-refractivity contribution in [1.29, 1.82) is 0 Å². The number of halogens is 3. The van der Waals surface area contributed by atoms with E-state index in [0.29, 0.717) is 11.1 Å². The van der Waals surface area contributed by atoms with E-state index >= 15 is 0 Å². The Morgan fingerprint density at radius 1 is 1.22 bits per heavy atom. The zero-order valence-electron chi connectivity index (χ0n) is 13.7. The fraction of sp³-hybridized carbons (Fsp3) is 0.375.